The topological polar surface area (TPSA) is 48.7 Å². The maximum absolute atomic E-state index is 12.3. The van der Waals surface area contributed by atoms with Crippen LogP contribution in [0.25, 0.3) is 0 Å². The maximum Gasteiger partial charge on any atom is 0.317 e. The minimum atomic E-state index is -0.0180. The van der Waals surface area contributed by atoms with Gasteiger partial charge in [-0.2, -0.15) is 0 Å². The van der Waals surface area contributed by atoms with E-state index in [2.05, 4.69) is 42.3 Å². The van der Waals surface area contributed by atoms with Crippen molar-refractivity contribution in [2.75, 3.05) is 31.1 Å². The summed E-state index contributed by atoms with van der Waals surface area (Å²) in [4.78, 5) is 16.7. The fourth-order valence-corrected chi connectivity index (χ4v) is 3.44. The van der Waals surface area contributed by atoms with Crippen LogP contribution in [0.5, 0.6) is 0 Å². The van der Waals surface area contributed by atoms with Gasteiger partial charge in [0.15, 0.2) is 0 Å². The molecule has 2 amide bonds. The Morgan fingerprint density at radius 2 is 1.72 bits per heavy atom. The van der Waals surface area contributed by atoms with E-state index in [9.17, 15) is 4.79 Å². The first-order valence-electron chi connectivity index (χ1n) is 9.13. The molecule has 25 heavy (non-hydrogen) atoms. The van der Waals surface area contributed by atoms with Crippen LogP contribution >= 0.6 is 0 Å². The van der Waals surface area contributed by atoms with E-state index in [1.807, 2.05) is 17.0 Å². The SMILES string of the molecule is CCc1cccc(CC)c1N1CCN(C(=O)NCc2ccco2)CC1. The molecular weight excluding hydrogens is 314 g/mol. The molecule has 134 valence electrons. The molecule has 5 nitrogen and oxygen atoms in total. The quantitative estimate of drug-likeness (QED) is 0.906. The molecule has 1 saturated heterocycles. The van der Waals surface area contributed by atoms with Crippen LogP contribution < -0.4 is 10.2 Å². The third kappa shape index (κ3) is 3.98. The minimum Gasteiger partial charge on any atom is -0.467 e. The van der Waals surface area contributed by atoms with Crippen LogP contribution in [0.4, 0.5) is 10.5 Å². The van der Waals surface area contributed by atoms with Crippen LogP contribution in [0.1, 0.15) is 30.7 Å². The highest BCUT2D eigenvalue weighted by molar-refractivity contribution is 5.74. The van der Waals surface area contributed by atoms with Gasteiger partial charge in [0.1, 0.15) is 5.76 Å². The van der Waals surface area contributed by atoms with E-state index in [1.54, 1.807) is 6.26 Å². The Morgan fingerprint density at radius 3 is 2.28 bits per heavy atom. The summed E-state index contributed by atoms with van der Waals surface area (Å²) in [6, 6.07) is 10.3. The Labute approximate surface area is 149 Å². The van der Waals surface area contributed by atoms with Crippen molar-refractivity contribution in [2.24, 2.45) is 0 Å². The molecule has 0 saturated carbocycles. The van der Waals surface area contributed by atoms with E-state index in [0.29, 0.717) is 6.54 Å². The number of urea groups is 1. The normalized spacial score (nSPS) is 14.6. The number of furan rings is 1. The van der Waals surface area contributed by atoms with E-state index in [-0.39, 0.29) is 6.03 Å². The Balaban J connectivity index is 1.59. The number of carbonyl (C=O) groups is 1. The Bertz CT molecular complexity index is 667. The van der Waals surface area contributed by atoms with Gasteiger partial charge in [-0.15, -0.1) is 0 Å². The van der Waals surface area contributed by atoms with Crippen molar-refractivity contribution < 1.29 is 9.21 Å². The first kappa shape index (κ1) is 17.4. The second kappa shape index (κ2) is 8.10. The van der Waals surface area contributed by atoms with Gasteiger partial charge in [0.05, 0.1) is 12.8 Å². The molecule has 0 bridgehead atoms. The van der Waals surface area contributed by atoms with E-state index in [0.717, 1.165) is 44.8 Å². The summed E-state index contributed by atoms with van der Waals surface area (Å²) < 4.78 is 5.26. The number of para-hydroxylation sites is 1. The number of aryl methyl sites for hydroxylation is 2. The van der Waals surface area contributed by atoms with Gasteiger partial charge in [-0.3, -0.25) is 0 Å². The number of rotatable bonds is 5. The number of hydrogen-bond donors (Lipinski definition) is 1. The lowest BCUT2D eigenvalue weighted by atomic mass is 10.0. The summed E-state index contributed by atoms with van der Waals surface area (Å²) in [5.74, 6) is 0.774. The van der Waals surface area contributed by atoms with Crippen molar-refractivity contribution in [3.8, 4) is 0 Å². The summed E-state index contributed by atoms with van der Waals surface area (Å²) in [6.07, 6.45) is 3.69. The molecule has 1 aromatic heterocycles. The van der Waals surface area contributed by atoms with Crippen molar-refractivity contribution in [2.45, 2.75) is 33.2 Å². The van der Waals surface area contributed by atoms with E-state index >= 15 is 0 Å². The number of piperazine rings is 1. The molecule has 2 heterocycles. The van der Waals surface area contributed by atoms with Crippen LogP contribution in [-0.4, -0.2) is 37.1 Å². The fraction of sp³-hybridized carbons (Fsp3) is 0.450. The molecule has 0 spiro atoms. The Hall–Kier alpha value is -2.43. The zero-order chi connectivity index (χ0) is 17.6. The molecule has 1 aliphatic heterocycles. The summed E-state index contributed by atoms with van der Waals surface area (Å²) in [5, 5.41) is 2.93. The van der Waals surface area contributed by atoms with Crippen LogP contribution in [0.15, 0.2) is 41.0 Å². The summed E-state index contributed by atoms with van der Waals surface area (Å²) in [6.45, 7) is 8.07. The average molecular weight is 341 g/mol. The molecular formula is C20H27N3O2. The summed E-state index contributed by atoms with van der Waals surface area (Å²) in [7, 11) is 0. The summed E-state index contributed by atoms with van der Waals surface area (Å²) in [5.41, 5.74) is 4.17. The molecule has 0 radical (unpaired) electrons. The van der Waals surface area contributed by atoms with Gasteiger partial charge in [0, 0.05) is 31.9 Å². The lowest BCUT2D eigenvalue weighted by molar-refractivity contribution is 0.193. The first-order chi connectivity index (χ1) is 12.2. The van der Waals surface area contributed by atoms with Gasteiger partial charge < -0.3 is 19.5 Å². The van der Waals surface area contributed by atoms with Gasteiger partial charge in [0.2, 0.25) is 0 Å². The Kier molecular flexibility index (Phi) is 5.64. The van der Waals surface area contributed by atoms with Crippen molar-refractivity contribution in [1.82, 2.24) is 10.2 Å². The molecule has 1 fully saturated rings. The monoisotopic (exact) mass is 341 g/mol. The molecule has 1 aromatic carbocycles. The molecule has 1 N–H and O–H groups in total. The lowest BCUT2D eigenvalue weighted by Gasteiger charge is -2.38. The fourth-order valence-electron chi connectivity index (χ4n) is 3.44. The number of nitrogens with zero attached hydrogens (tertiary/aromatic N) is 2. The second-order valence-corrected chi connectivity index (χ2v) is 6.34. The van der Waals surface area contributed by atoms with Gasteiger partial charge in [-0.1, -0.05) is 32.0 Å². The number of hydrogen-bond acceptors (Lipinski definition) is 3. The summed E-state index contributed by atoms with van der Waals surface area (Å²) >= 11 is 0. The largest absolute Gasteiger partial charge is 0.467 e. The zero-order valence-corrected chi connectivity index (χ0v) is 15.1. The predicted octanol–water partition coefficient (Wildman–Crippen LogP) is 3.44. The standard InChI is InChI=1S/C20H27N3O2/c1-3-16-7-5-8-17(4-2)19(16)22-10-12-23(13-11-22)20(24)21-15-18-9-6-14-25-18/h5-9,14H,3-4,10-13,15H2,1-2H3,(H,21,24). The zero-order valence-electron chi connectivity index (χ0n) is 15.1. The van der Waals surface area contributed by atoms with Crippen molar-refractivity contribution in [1.29, 1.82) is 0 Å². The molecule has 0 atom stereocenters. The highest BCUT2D eigenvalue weighted by atomic mass is 16.3. The van der Waals surface area contributed by atoms with Crippen LogP contribution in [-0.2, 0) is 19.4 Å². The molecule has 0 aliphatic carbocycles. The van der Waals surface area contributed by atoms with Crippen LogP contribution in [0.2, 0.25) is 0 Å². The maximum atomic E-state index is 12.3. The third-order valence-corrected chi connectivity index (χ3v) is 4.84. The van der Waals surface area contributed by atoms with Gasteiger partial charge in [-0.05, 0) is 36.1 Å². The smallest absolute Gasteiger partial charge is 0.317 e. The number of amides is 2. The number of benzene rings is 1. The lowest BCUT2D eigenvalue weighted by Crippen LogP contribution is -2.52. The predicted molar refractivity (Wildman–Crippen MR) is 99.9 cm³/mol. The van der Waals surface area contributed by atoms with Gasteiger partial charge in [-0.25, -0.2) is 4.79 Å². The molecule has 3 rings (SSSR count). The highest BCUT2D eigenvalue weighted by Gasteiger charge is 2.23. The molecule has 5 heteroatoms. The average Bonchev–Trinajstić information content (AvgIpc) is 3.19. The molecule has 2 aromatic rings. The second-order valence-electron chi connectivity index (χ2n) is 6.34. The van der Waals surface area contributed by atoms with E-state index < -0.39 is 0 Å². The number of anilines is 1. The van der Waals surface area contributed by atoms with E-state index in [1.165, 1.54) is 16.8 Å². The molecule has 1 aliphatic rings. The molecule has 0 unspecified atom stereocenters. The third-order valence-electron chi connectivity index (χ3n) is 4.84. The van der Waals surface area contributed by atoms with Gasteiger partial charge >= 0.3 is 6.03 Å². The van der Waals surface area contributed by atoms with Crippen molar-refractivity contribution in [3.05, 3.63) is 53.5 Å². The van der Waals surface area contributed by atoms with Gasteiger partial charge in [0.25, 0.3) is 0 Å². The first-order valence-corrected chi connectivity index (χ1v) is 9.13. The van der Waals surface area contributed by atoms with Crippen LogP contribution in [0, 0.1) is 0 Å². The van der Waals surface area contributed by atoms with Crippen LogP contribution in [0.3, 0.4) is 0 Å². The Morgan fingerprint density at radius 1 is 1.04 bits per heavy atom. The minimum absolute atomic E-state index is 0.0180. The van der Waals surface area contributed by atoms with E-state index in [4.69, 9.17) is 4.42 Å². The van der Waals surface area contributed by atoms with Crippen molar-refractivity contribution in [3.63, 3.8) is 0 Å². The van der Waals surface area contributed by atoms with Crippen molar-refractivity contribution >= 4 is 11.7 Å². The number of nitrogens with one attached hydrogen (secondary N) is 1. The number of carbonyl (C=O) groups excluding carboxylic acids is 1. The highest BCUT2D eigenvalue weighted by Crippen LogP contribution is 2.28.